The number of carbonyl (C=O) groups is 1. The standard InChI is InChI=1S/C24H29Cl2F3N2O4S/c1-2-3-12-35-22(32)21(30)10-13-36(31,34)14-11-23(33,24(27,28)29)17-6-4-16(5-7-17)19-9-8-18(25)15-20(19)26/h4-9,15,21,31,33H,2-3,10-14,30H2,1H3/t21-,23?,36?/m0/s1. The molecule has 200 valence electrons. The fourth-order valence-corrected chi connectivity index (χ4v) is 5.35. The lowest BCUT2D eigenvalue weighted by Crippen LogP contribution is -2.44. The van der Waals surface area contributed by atoms with Crippen molar-refractivity contribution in [3.63, 3.8) is 0 Å². The highest BCUT2D eigenvalue weighted by molar-refractivity contribution is 7.92. The van der Waals surface area contributed by atoms with E-state index < -0.39 is 57.0 Å². The Hall–Kier alpha value is -1.85. The van der Waals surface area contributed by atoms with Crippen molar-refractivity contribution in [1.29, 1.82) is 4.78 Å². The number of hydrogen-bond acceptors (Lipinski definition) is 6. The van der Waals surface area contributed by atoms with Gasteiger partial charge in [-0.1, -0.05) is 66.9 Å². The Bertz CT molecular complexity index is 1150. The van der Waals surface area contributed by atoms with Gasteiger partial charge in [0.05, 0.1) is 6.61 Å². The summed E-state index contributed by atoms with van der Waals surface area (Å²) in [5.74, 6) is -1.86. The van der Waals surface area contributed by atoms with Crippen molar-refractivity contribution >= 4 is 38.9 Å². The molecule has 2 unspecified atom stereocenters. The number of esters is 1. The molecule has 12 heteroatoms. The molecule has 6 nitrogen and oxygen atoms in total. The van der Waals surface area contributed by atoms with Gasteiger partial charge in [0.25, 0.3) is 0 Å². The van der Waals surface area contributed by atoms with Gasteiger partial charge in [-0.25, -0.2) is 4.21 Å². The number of carbonyl (C=O) groups excluding carboxylic acids is 1. The van der Waals surface area contributed by atoms with Gasteiger partial charge in [-0.3, -0.25) is 9.57 Å². The van der Waals surface area contributed by atoms with Crippen LogP contribution in [0, 0.1) is 4.78 Å². The van der Waals surface area contributed by atoms with Crippen molar-refractivity contribution in [3.8, 4) is 11.1 Å². The van der Waals surface area contributed by atoms with Crippen LogP contribution in [0.5, 0.6) is 0 Å². The van der Waals surface area contributed by atoms with Gasteiger partial charge in [-0.2, -0.15) is 13.2 Å². The van der Waals surface area contributed by atoms with Gasteiger partial charge in [-0.15, -0.1) is 0 Å². The Balaban J connectivity index is 2.13. The molecule has 4 N–H and O–H groups in total. The Morgan fingerprint density at radius 3 is 2.36 bits per heavy atom. The first-order valence-electron chi connectivity index (χ1n) is 11.2. The van der Waals surface area contributed by atoms with Crippen LogP contribution in [-0.4, -0.2) is 45.6 Å². The molecular formula is C24H29Cl2F3N2O4S. The van der Waals surface area contributed by atoms with Gasteiger partial charge >= 0.3 is 12.1 Å². The number of nitrogens with two attached hydrogens (primary N) is 1. The van der Waals surface area contributed by atoms with Crippen molar-refractivity contribution in [2.75, 3.05) is 18.1 Å². The summed E-state index contributed by atoms with van der Waals surface area (Å²) in [6, 6.07) is 8.55. The van der Waals surface area contributed by atoms with Gasteiger partial charge in [0.15, 0.2) is 5.60 Å². The Morgan fingerprint density at radius 1 is 1.17 bits per heavy atom. The molecule has 0 aliphatic carbocycles. The average Bonchev–Trinajstić information content (AvgIpc) is 2.80. The summed E-state index contributed by atoms with van der Waals surface area (Å²) in [7, 11) is -3.58. The minimum absolute atomic E-state index is 0.181. The zero-order valence-corrected chi connectivity index (χ0v) is 21.9. The number of hydrogen-bond donors (Lipinski definition) is 3. The maximum atomic E-state index is 13.9. The zero-order valence-electron chi connectivity index (χ0n) is 19.6. The summed E-state index contributed by atoms with van der Waals surface area (Å²) >= 11 is 12.0. The fourth-order valence-electron chi connectivity index (χ4n) is 3.37. The number of aliphatic hydroxyl groups is 1. The zero-order chi connectivity index (χ0) is 27.1. The first-order chi connectivity index (χ1) is 16.7. The molecule has 0 aliphatic heterocycles. The lowest BCUT2D eigenvalue weighted by molar-refractivity contribution is -0.267. The largest absolute Gasteiger partial charge is 0.465 e. The minimum Gasteiger partial charge on any atom is -0.465 e. The molecule has 2 aromatic carbocycles. The van der Waals surface area contributed by atoms with E-state index in [4.69, 9.17) is 38.5 Å². The summed E-state index contributed by atoms with van der Waals surface area (Å²) in [4.78, 5) is 11.8. The quantitative estimate of drug-likeness (QED) is 0.217. The average molecular weight is 569 g/mol. The van der Waals surface area contributed by atoms with Crippen LogP contribution in [0.15, 0.2) is 42.5 Å². The Morgan fingerprint density at radius 2 is 1.81 bits per heavy atom. The van der Waals surface area contributed by atoms with E-state index in [2.05, 4.69) is 0 Å². The predicted octanol–water partition coefficient (Wildman–Crippen LogP) is 5.91. The molecule has 2 rings (SSSR count). The van der Waals surface area contributed by atoms with Crippen LogP contribution in [0.4, 0.5) is 13.2 Å². The highest BCUT2D eigenvalue weighted by Gasteiger charge is 2.54. The summed E-state index contributed by atoms with van der Waals surface area (Å²) in [5.41, 5.74) is 2.96. The third kappa shape index (κ3) is 8.08. The molecular weight excluding hydrogens is 540 g/mol. The maximum absolute atomic E-state index is 13.9. The second-order valence-corrected chi connectivity index (χ2v) is 11.7. The van der Waals surface area contributed by atoms with Crippen molar-refractivity contribution in [2.24, 2.45) is 5.73 Å². The normalized spacial score (nSPS) is 16.1. The predicted molar refractivity (Wildman–Crippen MR) is 136 cm³/mol. The van der Waals surface area contributed by atoms with Crippen LogP contribution < -0.4 is 5.73 Å². The Labute approximate surface area is 218 Å². The second kappa shape index (κ2) is 12.6. The van der Waals surface area contributed by atoms with Crippen LogP contribution >= 0.6 is 23.2 Å². The van der Waals surface area contributed by atoms with Gasteiger partial charge in [0.2, 0.25) is 0 Å². The molecule has 0 fully saturated rings. The second-order valence-electron chi connectivity index (χ2n) is 8.45. The fraction of sp³-hybridized carbons (Fsp3) is 0.458. The van der Waals surface area contributed by atoms with Gasteiger partial charge < -0.3 is 15.6 Å². The molecule has 0 spiro atoms. The van der Waals surface area contributed by atoms with Gasteiger partial charge in [-0.05, 0) is 36.1 Å². The highest BCUT2D eigenvalue weighted by Crippen LogP contribution is 2.43. The van der Waals surface area contributed by atoms with Crippen LogP contribution in [0.25, 0.3) is 11.1 Å². The van der Waals surface area contributed by atoms with Crippen molar-refractivity contribution in [2.45, 2.75) is 50.4 Å². The number of rotatable bonds is 12. The van der Waals surface area contributed by atoms with E-state index >= 15 is 0 Å². The first-order valence-corrected chi connectivity index (χ1v) is 13.9. The van der Waals surface area contributed by atoms with Crippen LogP contribution in [0.2, 0.25) is 10.0 Å². The number of alkyl halides is 3. The lowest BCUT2D eigenvalue weighted by atomic mass is 9.89. The molecule has 0 saturated carbocycles. The topological polar surface area (TPSA) is 113 Å². The van der Waals surface area contributed by atoms with E-state index in [1.165, 1.54) is 18.2 Å². The summed E-state index contributed by atoms with van der Waals surface area (Å²) in [6.45, 7) is 2.09. The molecule has 0 radical (unpaired) electrons. The van der Waals surface area contributed by atoms with Crippen molar-refractivity contribution in [3.05, 3.63) is 58.1 Å². The van der Waals surface area contributed by atoms with Crippen molar-refractivity contribution < 1.29 is 32.0 Å². The van der Waals surface area contributed by atoms with Crippen LogP contribution in [0.1, 0.15) is 38.2 Å². The lowest BCUT2D eigenvalue weighted by Gasteiger charge is -2.31. The SMILES string of the molecule is CCCCOC(=O)[C@@H](N)CCS(=N)(=O)CCC(O)(c1ccc(-c2ccc(Cl)cc2Cl)cc1)C(F)(F)F. The monoisotopic (exact) mass is 568 g/mol. The molecule has 0 heterocycles. The molecule has 36 heavy (non-hydrogen) atoms. The third-order valence-corrected chi connectivity index (χ3v) is 7.98. The van der Waals surface area contributed by atoms with Gasteiger partial charge in [0.1, 0.15) is 6.04 Å². The van der Waals surface area contributed by atoms with E-state index in [9.17, 15) is 27.3 Å². The van der Waals surface area contributed by atoms with Crippen molar-refractivity contribution in [1.82, 2.24) is 0 Å². The van der Waals surface area contributed by atoms with E-state index in [1.807, 2.05) is 6.92 Å². The summed E-state index contributed by atoms with van der Waals surface area (Å²) in [6.07, 6.45) is -4.83. The van der Waals surface area contributed by atoms with E-state index in [0.717, 1.165) is 18.6 Å². The maximum Gasteiger partial charge on any atom is 0.421 e. The van der Waals surface area contributed by atoms with E-state index in [0.29, 0.717) is 27.6 Å². The molecule has 0 saturated heterocycles. The summed E-state index contributed by atoms with van der Waals surface area (Å²) < 4.78 is 67.4. The molecule has 3 atom stereocenters. The molecule has 0 bridgehead atoms. The third-order valence-electron chi connectivity index (χ3n) is 5.67. The number of unbranched alkanes of at least 4 members (excludes halogenated alkanes) is 1. The van der Waals surface area contributed by atoms with Crippen LogP contribution in [0.3, 0.4) is 0 Å². The van der Waals surface area contributed by atoms with Crippen LogP contribution in [-0.2, 0) is 24.9 Å². The Kier molecular flexibility index (Phi) is 10.6. The molecule has 0 aromatic heterocycles. The highest BCUT2D eigenvalue weighted by atomic mass is 35.5. The first kappa shape index (κ1) is 30.4. The number of halogens is 5. The number of nitrogens with one attached hydrogen (secondary N) is 1. The number of ether oxygens (including phenoxy) is 1. The molecule has 0 amide bonds. The summed E-state index contributed by atoms with van der Waals surface area (Å²) in [5, 5.41) is 11.4. The minimum atomic E-state index is -5.10. The van der Waals surface area contributed by atoms with E-state index in [1.54, 1.807) is 12.1 Å². The molecule has 0 aliphatic rings. The smallest absolute Gasteiger partial charge is 0.421 e. The van der Waals surface area contributed by atoms with Gasteiger partial charge in [0, 0.05) is 43.3 Å². The number of benzene rings is 2. The molecule has 2 aromatic rings. The van der Waals surface area contributed by atoms with E-state index in [-0.39, 0.29) is 13.0 Å².